The summed E-state index contributed by atoms with van der Waals surface area (Å²) in [7, 11) is 0.0365. The molecule has 14 aromatic carbocycles. The second-order valence-electron chi connectivity index (χ2n) is 31.7. The molecule has 0 spiro atoms. The van der Waals surface area contributed by atoms with Crippen LogP contribution in [0.5, 0.6) is 11.8 Å². The van der Waals surface area contributed by atoms with E-state index in [2.05, 4.69) is 425 Å². The third-order valence-electron chi connectivity index (χ3n) is 21.9. The largest absolute Gasteiger partial charge is 1.00 e. The number of carbonyl (C=O) groups excluding carboxylic acids is 1. The Labute approximate surface area is 957 Å². The summed E-state index contributed by atoms with van der Waals surface area (Å²) in [5.41, 5.74) is 3.66. The molecule has 0 saturated heterocycles. The third kappa shape index (κ3) is 34.3. The number of methoxy groups -OCH3 is 2. The van der Waals surface area contributed by atoms with Gasteiger partial charge < -0.3 is 51.7 Å². The number of benzene rings is 14. The van der Waals surface area contributed by atoms with Crippen LogP contribution in [-0.4, -0.2) is 67.8 Å². The summed E-state index contributed by atoms with van der Waals surface area (Å²) in [5.74, 6) is 1.58. The van der Waals surface area contributed by atoms with Crippen molar-refractivity contribution in [3.8, 4) is 23.9 Å². The fraction of sp³-hybridized carbons (Fsp3) is 0.106. The number of nitrogens with one attached hydrogen (secondary N) is 4. The number of hydrogen-bond acceptors (Lipinski definition) is 17. The number of nitrogens with zero attached hydrogens (tertiary/aromatic N) is 6. The number of hydrogen-bond donors (Lipinski definition) is 6. The Hall–Kier alpha value is -10.0. The molecule has 2 aliphatic carbocycles. The van der Waals surface area contributed by atoms with Crippen LogP contribution in [0.15, 0.2) is 427 Å². The summed E-state index contributed by atoms with van der Waals surface area (Å²) in [6, 6.07) is 143. The maximum absolute atomic E-state index is 12.6. The molecule has 4 heterocycles. The molecule has 2 aliphatic rings. The Morgan fingerprint density at radius 1 is 0.427 bits per heavy atom. The maximum Gasteiger partial charge on any atom is 1.00 e. The van der Waals surface area contributed by atoms with Gasteiger partial charge in [0, 0.05) is 62.9 Å². The van der Waals surface area contributed by atoms with Crippen LogP contribution < -0.4 is 203 Å². The van der Waals surface area contributed by atoms with Crippen LogP contribution >= 0.6 is 70.8 Å². The van der Waals surface area contributed by atoms with Crippen molar-refractivity contribution in [1.82, 2.24) is 29.9 Å². The number of pyridine rings is 2. The molecule has 18 aromatic rings. The van der Waals surface area contributed by atoms with Crippen LogP contribution in [0.2, 0.25) is 15.9 Å². The molecule has 0 radical (unpaired) electrons. The zero-order valence-corrected chi connectivity index (χ0v) is 93.7. The molecule has 20 rings (SSSR count). The van der Waals surface area contributed by atoms with Gasteiger partial charge in [0.15, 0.2) is 0 Å². The van der Waals surface area contributed by atoms with Crippen molar-refractivity contribution < 1.29 is 159 Å². The van der Waals surface area contributed by atoms with E-state index in [4.69, 9.17) is 63.3 Å². The summed E-state index contributed by atoms with van der Waals surface area (Å²) < 4.78 is 10.9. The SMILES string of the molecule is COc1nc(N[C@@H](C)c2cc3cc(Cl)c(Br)cc3[nH]c2=O)ncc1C#N.COc1nc(N[C@@H](C)c2cc3cc(Cl)c(C4CC4)cc3[nH]c2=O)ncc1C#N.O=CO[O-].OB(O)C1CC1.[H-].[K+].[K+].[Pd].c1ccc(P(c2ccccc2)c2ccccc2)cc1.c1ccc(P(c2ccccc2)c2ccccc2)cc1.c1ccc(P(c2ccccc2)c2ccccc2)cc1.c1ccc(P(c2ccccc2)c2ccccc2)cc1. The molecule has 4 aromatic heterocycles. The Bertz CT molecular complexity index is 6330. The number of rotatable bonds is 23. The van der Waals surface area contributed by atoms with Gasteiger partial charge in [0.05, 0.1) is 43.7 Å². The average Bonchev–Trinajstić information content (AvgIpc) is 1.67. The van der Waals surface area contributed by atoms with E-state index >= 15 is 0 Å². The van der Waals surface area contributed by atoms with Gasteiger partial charge in [-0.3, -0.25) is 14.4 Å². The predicted molar refractivity (Wildman–Crippen MR) is 582 cm³/mol. The summed E-state index contributed by atoms with van der Waals surface area (Å²) in [4.78, 5) is 58.6. The van der Waals surface area contributed by atoms with Crippen molar-refractivity contribution in [2.75, 3.05) is 24.9 Å². The maximum atomic E-state index is 12.6. The van der Waals surface area contributed by atoms with Crippen molar-refractivity contribution in [3.05, 3.63) is 476 Å². The van der Waals surface area contributed by atoms with Gasteiger partial charge in [-0.05, 0) is 192 Å². The van der Waals surface area contributed by atoms with Crippen molar-refractivity contribution in [3.63, 3.8) is 0 Å². The molecule has 143 heavy (non-hydrogen) atoms. The molecule has 2 saturated carbocycles. The van der Waals surface area contributed by atoms with Crippen LogP contribution in [0.4, 0.5) is 11.9 Å². The molecule has 0 bridgehead atoms. The summed E-state index contributed by atoms with van der Waals surface area (Å²) in [6.45, 7) is 3.47. The minimum absolute atomic E-state index is 0. The van der Waals surface area contributed by atoms with Crippen LogP contribution in [0.25, 0.3) is 21.8 Å². The number of anilines is 2. The average molecular weight is 2210 g/mol. The number of ether oxygens (including phenoxy) is 2. The number of carbonyl (C=O) groups is 1. The van der Waals surface area contributed by atoms with Crippen LogP contribution in [0.1, 0.15) is 86.8 Å². The first-order valence-electron chi connectivity index (χ1n) is 44.9. The van der Waals surface area contributed by atoms with Gasteiger partial charge in [0.25, 0.3) is 17.6 Å². The molecule has 19 nitrogen and oxygen atoms in total. The van der Waals surface area contributed by atoms with Crippen LogP contribution in [0, 0.1) is 22.7 Å². The Morgan fingerprint density at radius 3 is 0.867 bits per heavy atom. The molecular weight excluding hydrogens is 2110 g/mol. The van der Waals surface area contributed by atoms with E-state index < -0.39 is 38.8 Å². The molecule has 2 fully saturated rings. The Kier molecular flexibility index (Phi) is 48.8. The van der Waals surface area contributed by atoms with E-state index in [0.717, 1.165) is 52.6 Å². The summed E-state index contributed by atoms with van der Waals surface area (Å²) in [5, 5.41) is 68.8. The van der Waals surface area contributed by atoms with Gasteiger partial charge in [-0.15, -0.1) is 0 Å². The number of H-pyrrole nitrogens is 2. The zero-order valence-electron chi connectivity index (χ0n) is 80.2. The smallest absolute Gasteiger partial charge is 1.00 e. The predicted octanol–water partition coefficient (Wildman–Crippen LogP) is 13.6. The van der Waals surface area contributed by atoms with Gasteiger partial charge in [-0.1, -0.05) is 400 Å². The molecule has 0 aliphatic heterocycles. The monoisotopic (exact) mass is 2210 g/mol. The molecular formula is C113H100BBrCl2K2N10O9P4Pd. The van der Waals surface area contributed by atoms with Crippen molar-refractivity contribution in [2.24, 2.45) is 0 Å². The fourth-order valence-corrected chi connectivity index (χ4v) is 24.9. The molecule has 712 valence electrons. The Morgan fingerprint density at radius 2 is 0.664 bits per heavy atom. The van der Waals surface area contributed by atoms with Crippen molar-refractivity contribution in [1.29, 1.82) is 10.5 Å². The molecule has 0 unspecified atom stereocenters. The number of aromatic nitrogens is 6. The second kappa shape index (κ2) is 60.8. The van der Waals surface area contributed by atoms with Gasteiger partial charge in [-0.2, -0.15) is 20.5 Å². The first-order chi connectivity index (χ1) is 68.4. The van der Waals surface area contributed by atoms with Gasteiger partial charge >= 0.3 is 110 Å². The molecule has 2 atom stereocenters. The molecule has 30 heteroatoms. The normalized spacial score (nSPS) is 11.6. The van der Waals surface area contributed by atoms with E-state index in [1.165, 1.54) is 90.3 Å². The number of nitriles is 2. The first-order valence-corrected chi connectivity index (χ1v) is 51.8. The van der Waals surface area contributed by atoms with Gasteiger partial charge in [0.1, 0.15) is 23.3 Å². The molecule has 6 N–H and O–H groups in total. The fourth-order valence-electron chi connectivity index (χ4n) is 14.8. The minimum atomic E-state index is -1.04. The van der Waals surface area contributed by atoms with E-state index in [0.29, 0.717) is 32.1 Å². The van der Waals surface area contributed by atoms with E-state index in [9.17, 15) is 9.59 Å². The summed E-state index contributed by atoms with van der Waals surface area (Å²) in [6.07, 6.45) is 7.02. The number of fused-ring (bicyclic) bond motifs is 2. The van der Waals surface area contributed by atoms with Crippen molar-refractivity contribution in [2.45, 2.75) is 63.3 Å². The van der Waals surface area contributed by atoms with Crippen LogP contribution in [-0.2, 0) is 30.1 Å². The van der Waals surface area contributed by atoms with Crippen LogP contribution in [0.3, 0.4) is 0 Å². The summed E-state index contributed by atoms with van der Waals surface area (Å²) >= 11 is 15.9. The first kappa shape index (κ1) is 115. The minimum Gasteiger partial charge on any atom is -1.00 e. The topological polar surface area (TPSA) is 297 Å². The van der Waals surface area contributed by atoms with Gasteiger partial charge in [-0.25, -0.2) is 9.97 Å². The molecule has 0 amide bonds. The number of aromatic amines is 2. The second-order valence-corrected chi connectivity index (χ2v) is 42.2. The zero-order chi connectivity index (χ0) is 98.3. The van der Waals surface area contributed by atoms with E-state index in [-0.39, 0.29) is 195 Å². The van der Waals surface area contributed by atoms with Crippen molar-refractivity contribution >= 4 is 182 Å². The van der Waals surface area contributed by atoms with E-state index in [1.54, 1.807) is 18.2 Å². The number of halogens is 3. The standard InChI is InChI=1S/C20H18ClN5O2.4C18H15P.C17H13BrClN5O2.C3H7BO2.CH2O3.2K.Pd.H/c1-10(24-20-23-9-13(8-22)19(26-20)28-2)14-5-12-6-16(21)15(11-3-4-11)7-17(12)25-18(14)27;4*1-4-10-16(11-5-1)19(17-12-6-2-7-13-17)18-14-8-3-9-15-18;1-8(22-17-21-7-10(6-20)16(24-17)26-2)11-3-9-4-13(19)12(18)5-14(9)23-15(11)25;5-4(6)3-1-2-3;2-1-4-3;;;;/h5-7,9-11H,3-4H2,1-2H3,(H,25,27)(H,23,24,26);4*1-15H;3-5,7-8H,1-2H3,(H,23,25)(H,21,22,24);3,5-6H,1-2H2;1,3H;;;;/q;;;;;;;;2*+1;;-1/p-1/t10-;;;;;8-;;;;;;/m0....0....../s1. The third-order valence-corrected chi connectivity index (χ3v) is 33.2. The Balaban J connectivity index is 0.000000189. The van der Waals surface area contributed by atoms with E-state index in [1.807, 2.05) is 44.2 Å². The van der Waals surface area contributed by atoms with Gasteiger partial charge in [0.2, 0.25) is 23.7 Å². The quantitative estimate of drug-likeness (QED) is 0.0114.